The van der Waals surface area contributed by atoms with E-state index >= 15 is 0 Å². The lowest BCUT2D eigenvalue weighted by molar-refractivity contribution is -0.659. The van der Waals surface area contributed by atoms with Gasteiger partial charge in [-0.05, 0) is 59.2 Å². The number of pyridine rings is 1. The average Bonchev–Trinajstić information content (AvgIpc) is 3.41. The Morgan fingerprint density at radius 2 is 1.47 bits per heavy atom. The van der Waals surface area contributed by atoms with Gasteiger partial charge in [-0.1, -0.05) is 62.4 Å². The van der Waals surface area contributed by atoms with Crippen molar-refractivity contribution in [1.29, 1.82) is 0 Å². The van der Waals surface area contributed by atoms with Gasteiger partial charge in [0.15, 0.2) is 6.20 Å². The van der Waals surface area contributed by atoms with Crippen LogP contribution in [0.15, 0.2) is 83.9 Å². The summed E-state index contributed by atoms with van der Waals surface area (Å²) in [4.78, 5) is 1.34. The molecule has 2 nitrogen and oxygen atoms in total. The summed E-state index contributed by atoms with van der Waals surface area (Å²) >= 11 is 1.84. The highest BCUT2D eigenvalue weighted by Crippen LogP contribution is 2.45. The van der Waals surface area contributed by atoms with Crippen LogP contribution in [0.5, 0.6) is 0 Å². The number of benzene rings is 4. The van der Waals surface area contributed by atoms with Gasteiger partial charge < -0.3 is 4.40 Å². The maximum absolute atomic E-state index is 2.54. The molecule has 3 heterocycles. The topological polar surface area (TPSA) is 8.29 Å². The van der Waals surface area contributed by atoms with E-state index in [4.69, 9.17) is 0 Å². The molecular formula is C33H29N2S+. The first-order chi connectivity index (χ1) is 17.5. The van der Waals surface area contributed by atoms with Gasteiger partial charge in [0.25, 0.3) is 0 Å². The zero-order valence-electron chi connectivity index (χ0n) is 21.4. The molecule has 3 aromatic heterocycles. The van der Waals surface area contributed by atoms with Crippen LogP contribution in [0.1, 0.15) is 30.9 Å². The molecule has 0 fully saturated rings. The Kier molecular flexibility index (Phi) is 4.65. The summed E-state index contributed by atoms with van der Waals surface area (Å²) < 4.78 is 4.86. The predicted molar refractivity (Wildman–Crippen MR) is 156 cm³/mol. The number of fused-ring (bicyclic) bond motifs is 7. The average molecular weight is 486 g/mol. The number of aromatic nitrogens is 2. The van der Waals surface area contributed by atoms with Crippen LogP contribution in [0.3, 0.4) is 0 Å². The summed E-state index contributed by atoms with van der Waals surface area (Å²) in [5.41, 5.74) is 9.27. The zero-order chi connectivity index (χ0) is 24.7. The van der Waals surface area contributed by atoms with Crippen LogP contribution in [0.25, 0.3) is 60.1 Å². The highest BCUT2D eigenvalue weighted by Gasteiger charge is 2.27. The van der Waals surface area contributed by atoms with Crippen LogP contribution in [-0.2, 0) is 7.05 Å². The molecule has 0 amide bonds. The summed E-state index contributed by atoms with van der Waals surface area (Å²) in [6.07, 6.45) is 4.42. The van der Waals surface area contributed by atoms with Crippen LogP contribution in [-0.4, -0.2) is 10.7 Å². The van der Waals surface area contributed by atoms with E-state index in [9.17, 15) is 0 Å². The van der Waals surface area contributed by atoms with E-state index in [1.54, 1.807) is 0 Å². The molecule has 7 rings (SSSR count). The maximum Gasteiger partial charge on any atom is 0.237 e. The van der Waals surface area contributed by atoms with E-state index in [-0.39, 0.29) is 0 Å². The molecule has 7 aromatic rings. The summed E-state index contributed by atoms with van der Waals surface area (Å²) in [5.74, 6) is 0.441. The lowest BCUT2D eigenvalue weighted by Crippen LogP contribution is -2.31. The van der Waals surface area contributed by atoms with Gasteiger partial charge in [-0.25, -0.2) is 0 Å². The third-order valence-electron chi connectivity index (χ3n) is 8.03. The Labute approximate surface area is 215 Å². The second-order valence-electron chi connectivity index (χ2n) is 10.3. The van der Waals surface area contributed by atoms with E-state index in [0.717, 1.165) is 0 Å². The minimum Gasteiger partial charge on any atom is -0.302 e. The Morgan fingerprint density at radius 3 is 2.22 bits per heavy atom. The molecule has 176 valence electrons. The van der Waals surface area contributed by atoms with Gasteiger partial charge in [0.2, 0.25) is 5.69 Å². The van der Waals surface area contributed by atoms with Gasteiger partial charge in [0.1, 0.15) is 12.6 Å². The third-order valence-corrected chi connectivity index (χ3v) is 8.81. The number of rotatable bonds is 3. The SMILES string of the molecule is CSc1ccc2c3cc[n+](C)c(-c4cc(C(C)C)c5ccccc5c4C)c3n3c4ccccc4c1c23. The molecule has 0 atom stereocenters. The molecule has 0 aliphatic rings. The quantitative estimate of drug-likeness (QED) is 0.180. The van der Waals surface area contributed by atoms with E-state index in [1.165, 1.54) is 76.1 Å². The Hall–Kier alpha value is -3.56. The van der Waals surface area contributed by atoms with Gasteiger partial charge in [-0.15, -0.1) is 11.8 Å². The predicted octanol–water partition coefficient (Wildman–Crippen LogP) is 8.64. The van der Waals surface area contributed by atoms with Crippen molar-refractivity contribution in [3.05, 3.63) is 90.1 Å². The summed E-state index contributed by atoms with van der Waals surface area (Å²) in [7, 11) is 2.19. The van der Waals surface area contributed by atoms with Crippen molar-refractivity contribution in [2.75, 3.05) is 6.26 Å². The van der Waals surface area contributed by atoms with Crippen LogP contribution in [0, 0.1) is 6.92 Å². The van der Waals surface area contributed by atoms with Crippen molar-refractivity contribution in [1.82, 2.24) is 4.40 Å². The van der Waals surface area contributed by atoms with Crippen molar-refractivity contribution < 1.29 is 4.57 Å². The molecule has 0 saturated carbocycles. The summed E-state index contributed by atoms with van der Waals surface area (Å²) in [6, 6.07) is 27.2. The van der Waals surface area contributed by atoms with Crippen molar-refractivity contribution in [3.8, 4) is 11.3 Å². The van der Waals surface area contributed by atoms with Crippen molar-refractivity contribution in [2.24, 2.45) is 7.05 Å². The van der Waals surface area contributed by atoms with Gasteiger partial charge in [-0.2, -0.15) is 4.57 Å². The molecule has 0 aliphatic heterocycles. The lowest BCUT2D eigenvalue weighted by atomic mass is 9.88. The largest absolute Gasteiger partial charge is 0.302 e. The van der Waals surface area contributed by atoms with Gasteiger partial charge in [-0.3, -0.25) is 0 Å². The third kappa shape index (κ3) is 2.72. The lowest BCUT2D eigenvalue weighted by Gasteiger charge is -2.16. The monoisotopic (exact) mass is 485 g/mol. The first kappa shape index (κ1) is 21.7. The van der Waals surface area contributed by atoms with E-state index in [1.807, 2.05) is 11.8 Å². The summed E-state index contributed by atoms with van der Waals surface area (Å²) in [5, 5.41) is 8.07. The highest BCUT2D eigenvalue weighted by atomic mass is 32.2. The molecule has 0 N–H and O–H groups in total. The smallest absolute Gasteiger partial charge is 0.237 e. The van der Waals surface area contributed by atoms with Gasteiger partial charge in [0.05, 0.1) is 16.6 Å². The van der Waals surface area contributed by atoms with Crippen LogP contribution < -0.4 is 4.57 Å². The number of nitrogens with zero attached hydrogens (tertiary/aromatic N) is 2. The molecule has 36 heavy (non-hydrogen) atoms. The van der Waals surface area contributed by atoms with Crippen molar-refractivity contribution in [2.45, 2.75) is 31.6 Å². The molecule has 0 aliphatic carbocycles. The normalized spacial score (nSPS) is 12.4. The van der Waals surface area contributed by atoms with E-state index in [0.29, 0.717) is 5.92 Å². The van der Waals surface area contributed by atoms with E-state index < -0.39 is 0 Å². The molecule has 0 saturated heterocycles. The fraction of sp³-hybridized carbons (Fsp3) is 0.182. The second kappa shape index (κ2) is 7.72. The molecule has 0 radical (unpaired) electrons. The number of para-hydroxylation sites is 1. The molecule has 0 spiro atoms. The minimum atomic E-state index is 0.441. The first-order valence-electron chi connectivity index (χ1n) is 12.7. The van der Waals surface area contributed by atoms with Crippen molar-refractivity contribution >= 4 is 60.6 Å². The van der Waals surface area contributed by atoms with Gasteiger partial charge in [0, 0.05) is 32.5 Å². The number of hydrogen-bond acceptors (Lipinski definition) is 1. The highest BCUT2D eigenvalue weighted by molar-refractivity contribution is 7.98. The molecule has 0 unspecified atom stereocenters. The number of thioether (sulfide) groups is 1. The number of hydrogen-bond donors (Lipinski definition) is 0. The minimum absolute atomic E-state index is 0.441. The standard InChI is InChI=1S/C33H29N2S/c1-19(2)26-18-27(20(3)21-10-6-7-11-22(21)26)32-33-24(16-17-34(32)4)23-14-15-29(36-5)30-25-12-8-9-13-28(25)35(33)31(23)30/h6-19H,1-5H3/q+1. The second-order valence-corrected chi connectivity index (χ2v) is 11.1. The van der Waals surface area contributed by atoms with Crippen LogP contribution in [0.4, 0.5) is 0 Å². The fourth-order valence-corrected chi connectivity index (χ4v) is 6.97. The Bertz CT molecular complexity index is 1980. The molecule has 4 aromatic carbocycles. The van der Waals surface area contributed by atoms with E-state index in [2.05, 4.69) is 122 Å². The Balaban J connectivity index is 1.75. The van der Waals surface area contributed by atoms with Crippen molar-refractivity contribution in [3.63, 3.8) is 0 Å². The fourth-order valence-electron chi connectivity index (χ4n) is 6.35. The maximum atomic E-state index is 2.54. The van der Waals surface area contributed by atoms with Crippen LogP contribution >= 0.6 is 11.8 Å². The zero-order valence-corrected chi connectivity index (χ0v) is 22.2. The molecular weight excluding hydrogens is 456 g/mol. The number of aryl methyl sites for hydroxylation is 2. The van der Waals surface area contributed by atoms with Crippen LogP contribution in [0.2, 0.25) is 0 Å². The molecule has 3 heteroatoms. The van der Waals surface area contributed by atoms with Gasteiger partial charge >= 0.3 is 0 Å². The Morgan fingerprint density at radius 1 is 0.778 bits per heavy atom. The first-order valence-corrected chi connectivity index (χ1v) is 13.9. The summed E-state index contributed by atoms with van der Waals surface area (Å²) in [6.45, 7) is 6.90. The molecule has 0 bridgehead atoms.